The Hall–Kier alpha value is -1.42. The Kier molecular flexibility index (Phi) is 4.31. The summed E-state index contributed by atoms with van der Waals surface area (Å²) in [6.07, 6.45) is 5.41. The van der Waals surface area contributed by atoms with Gasteiger partial charge >= 0.3 is 0 Å². The van der Waals surface area contributed by atoms with Crippen LogP contribution in [0.15, 0.2) is 24.5 Å². The lowest BCUT2D eigenvalue weighted by Crippen LogP contribution is -2.31. The molecule has 1 amide bonds. The molecule has 1 N–H and O–H groups in total. The Bertz CT molecular complexity index is 393. The molecule has 1 aliphatic heterocycles. The second-order valence-corrected chi connectivity index (χ2v) is 4.92. The summed E-state index contributed by atoms with van der Waals surface area (Å²) in [5.74, 6) is 0.615. The van der Waals surface area contributed by atoms with Gasteiger partial charge in [-0.15, -0.1) is 0 Å². The molecule has 0 radical (unpaired) electrons. The Labute approximate surface area is 108 Å². The minimum absolute atomic E-state index is 0.134. The minimum Gasteiger partial charge on any atom is -0.356 e. The van der Waals surface area contributed by atoms with Crippen molar-refractivity contribution in [3.8, 4) is 0 Å². The molecule has 1 saturated heterocycles. The van der Waals surface area contributed by atoms with Crippen molar-refractivity contribution >= 4 is 5.91 Å². The number of nitrogens with one attached hydrogen (secondary N) is 1. The molecule has 2 atom stereocenters. The van der Waals surface area contributed by atoms with E-state index in [1.54, 1.807) is 6.20 Å². The molecule has 0 aromatic carbocycles. The van der Waals surface area contributed by atoms with E-state index in [0.717, 1.165) is 19.5 Å². The van der Waals surface area contributed by atoms with Gasteiger partial charge in [-0.2, -0.15) is 0 Å². The summed E-state index contributed by atoms with van der Waals surface area (Å²) >= 11 is 0. The number of amides is 1. The van der Waals surface area contributed by atoms with Crippen LogP contribution in [0.25, 0.3) is 0 Å². The highest BCUT2D eigenvalue weighted by molar-refractivity contribution is 5.75. The molecule has 0 bridgehead atoms. The Morgan fingerprint density at radius 2 is 2.44 bits per heavy atom. The fourth-order valence-electron chi connectivity index (χ4n) is 2.69. The largest absolute Gasteiger partial charge is 0.356 e. The van der Waals surface area contributed by atoms with E-state index in [0.29, 0.717) is 18.4 Å². The SMILES string of the molecule is CCC(=O)NCC1CCN(C)C1c1cccnc1. The molecular weight excluding hydrogens is 226 g/mol. The summed E-state index contributed by atoms with van der Waals surface area (Å²) in [4.78, 5) is 17.9. The average Bonchev–Trinajstić information content (AvgIpc) is 2.78. The third-order valence-electron chi connectivity index (χ3n) is 3.68. The van der Waals surface area contributed by atoms with Gasteiger partial charge in [-0.3, -0.25) is 14.7 Å². The quantitative estimate of drug-likeness (QED) is 0.879. The van der Waals surface area contributed by atoms with Crippen molar-refractivity contribution < 1.29 is 4.79 Å². The van der Waals surface area contributed by atoms with Crippen molar-refractivity contribution in [1.29, 1.82) is 0 Å². The molecule has 0 saturated carbocycles. The number of carbonyl (C=O) groups is 1. The molecule has 2 rings (SSSR count). The Morgan fingerprint density at radius 3 is 3.11 bits per heavy atom. The molecule has 0 spiro atoms. The lowest BCUT2D eigenvalue weighted by Gasteiger charge is -2.25. The topological polar surface area (TPSA) is 45.2 Å². The zero-order valence-corrected chi connectivity index (χ0v) is 11.1. The van der Waals surface area contributed by atoms with Gasteiger partial charge in [0.1, 0.15) is 0 Å². The summed E-state index contributed by atoms with van der Waals surface area (Å²) in [5, 5.41) is 3.01. The van der Waals surface area contributed by atoms with Gasteiger partial charge in [-0.25, -0.2) is 0 Å². The van der Waals surface area contributed by atoms with E-state index < -0.39 is 0 Å². The van der Waals surface area contributed by atoms with E-state index >= 15 is 0 Å². The van der Waals surface area contributed by atoms with Crippen molar-refractivity contribution in [2.45, 2.75) is 25.8 Å². The predicted molar refractivity (Wildman–Crippen MR) is 71.0 cm³/mol. The van der Waals surface area contributed by atoms with Gasteiger partial charge in [-0.1, -0.05) is 13.0 Å². The van der Waals surface area contributed by atoms with Crippen molar-refractivity contribution in [2.24, 2.45) is 5.92 Å². The van der Waals surface area contributed by atoms with E-state index in [2.05, 4.69) is 28.3 Å². The maximum Gasteiger partial charge on any atom is 0.219 e. The van der Waals surface area contributed by atoms with Crippen molar-refractivity contribution in [3.05, 3.63) is 30.1 Å². The monoisotopic (exact) mass is 247 g/mol. The highest BCUT2D eigenvalue weighted by atomic mass is 16.1. The molecule has 1 aromatic rings. The average molecular weight is 247 g/mol. The lowest BCUT2D eigenvalue weighted by molar-refractivity contribution is -0.121. The fourth-order valence-corrected chi connectivity index (χ4v) is 2.69. The van der Waals surface area contributed by atoms with Crippen LogP contribution in [0, 0.1) is 5.92 Å². The summed E-state index contributed by atoms with van der Waals surface area (Å²) < 4.78 is 0. The molecule has 1 fully saturated rings. The van der Waals surface area contributed by atoms with E-state index in [4.69, 9.17) is 0 Å². The molecule has 2 unspecified atom stereocenters. The van der Waals surface area contributed by atoms with Crippen LogP contribution in [0.1, 0.15) is 31.4 Å². The highest BCUT2D eigenvalue weighted by Gasteiger charge is 2.32. The fraction of sp³-hybridized carbons (Fsp3) is 0.571. The molecule has 2 heterocycles. The van der Waals surface area contributed by atoms with Crippen LogP contribution < -0.4 is 5.32 Å². The number of nitrogens with zero attached hydrogens (tertiary/aromatic N) is 2. The van der Waals surface area contributed by atoms with Crippen molar-refractivity contribution in [1.82, 2.24) is 15.2 Å². The number of likely N-dealkylation sites (tertiary alicyclic amines) is 1. The van der Waals surface area contributed by atoms with Crippen LogP contribution in [0.3, 0.4) is 0 Å². The number of rotatable bonds is 4. The van der Waals surface area contributed by atoms with Crippen LogP contribution in [-0.4, -0.2) is 35.9 Å². The third kappa shape index (κ3) is 2.88. The predicted octanol–water partition coefficient (Wildman–Crippen LogP) is 1.60. The van der Waals surface area contributed by atoms with Crippen molar-refractivity contribution in [2.75, 3.05) is 20.1 Å². The summed E-state index contributed by atoms with van der Waals surface area (Å²) in [7, 11) is 2.14. The number of hydrogen-bond donors (Lipinski definition) is 1. The molecule has 1 aromatic heterocycles. The van der Waals surface area contributed by atoms with Gasteiger partial charge in [0.15, 0.2) is 0 Å². The van der Waals surface area contributed by atoms with E-state index in [1.165, 1.54) is 5.56 Å². The first-order valence-electron chi connectivity index (χ1n) is 6.59. The van der Waals surface area contributed by atoms with Gasteiger partial charge in [0.2, 0.25) is 5.91 Å². The number of hydrogen-bond acceptors (Lipinski definition) is 3. The normalized spacial score (nSPS) is 24.1. The lowest BCUT2D eigenvalue weighted by atomic mass is 9.95. The smallest absolute Gasteiger partial charge is 0.219 e. The second-order valence-electron chi connectivity index (χ2n) is 4.92. The molecule has 1 aliphatic rings. The molecule has 4 heteroatoms. The standard InChI is InChI=1S/C14H21N3O/c1-3-13(18)16-10-12-6-8-17(2)14(12)11-5-4-7-15-9-11/h4-5,7,9,12,14H,3,6,8,10H2,1-2H3,(H,16,18). The van der Waals surface area contributed by atoms with Gasteiger partial charge < -0.3 is 5.32 Å². The number of pyridine rings is 1. The molecule has 18 heavy (non-hydrogen) atoms. The Balaban J connectivity index is 2.04. The summed E-state index contributed by atoms with van der Waals surface area (Å²) in [6.45, 7) is 3.72. The van der Waals surface area contributed by atoms with Crippen LogP contribution in [0.5, 0.6) is 0 Å². The van der Waals surface area contributed by atoms with Crippen molar-refractivity contribution in [3.63, 3.8) is 0 Å². The van der Waals surface area contributed by atoms with Gasteiger partial charge in [0, 0.05) is 31.4 Å². The minimum atomic E-state index is 0.134. The third-order valence-corrected chi connectivity index (χ3v) is 3.68. The maximum absolute atomic E-state index is 11.4. The first kappa shape index (κ1) is 13.0. The van der Waals surface area contributed by atoms with Crippen LogP contribution in [0.4, 0.5) is 0 Å². The van der Waals surface area contributed by atoms with Crippen LogP contribution in [-0.2, 0) is 4.79 Å². The van der Waals surface area contributed by atoms with E-state index in [9.17, 15) is 4.79 Å². The zero-order valence-electron chi connectivity index (χ0n) is 11.1. The summed E-state index contributed by atoms with van der Waals surface area (Å²) in [6, 6.07) is 4.47. The number of carbonyl (C=O) groups excluding carboxylic acids is 1. The Morgan fingerprint density at radius 1 is 1.61 bits per heavy atom. The molecule has 0 aliphatic carbocycles. The highest BCUT2D eigenvalue weighted by Crippen LogP contribution is 2.35. The van der Waals surface area contributed by atoms with Crippen LogP contribution in [0.2, 0.25) is 0 Å². The molecule has 98 valence electrons. The second kappa shape index (κ2) is 5.96. The van der Waals surface area contributed by atoms with E-state index in [1.807, 2.05) is 19.2 Å². The van der Waals surface area contributed by atoms with Gasteiger partial charge in [0.25, 0.3) is 0 Å². The first-order valence-corrected chi connectivity index (χ1v) is 6.59. The number of aromatic nitrogens is 1. The van der Waals surface area contributed by atoms with Gasteiger partial charge in [0.05, 0.1) is 0 Å². The summed E-state index contributed by atoms with van der Waals surface area (Å²) in [5.41, 5.74) is 1.24. The van der Waals surface area contributed by atoms with E-state index in [-0.39, 0.29) is 5.91 Å². The van der Waals surface area contributed by atoms with Gasteiger partial charge in [-0.05, 0) is 37.6 Å². The zero-order chi connectivity index (χ0) is 13.0. The maximum atomic E-state index is 11.4. The first-order chi connectivity index (χ1) is 8.72. The molecular formula is C14H21N3O. The van der Waals surface area contributed by atoms with Crippen LogP contribution >= 0.6 is 0 Å². The molecule has 4 nitrogen and oxygen atoms in total.